The van der Waals surface area contributed by atoms with Gasteiger partial charge in [0.2, 0.25) is 17.7 Å². The third-order valence-corrected chi connectivity index (χ3v) is 3.94. The van der Waals surface area contributed by atoms with Gasteiger partial charge in [-0.15, -0.1) is 0 Å². The Morgan fingerprint density at radius 3 is 2.21 bits per heavy atom. The summed E-state index contributed by atoms with van der Waals surface area (Å²) in [4.78, 5) is 47.3. The Kier molecular flexibility index (Phi) is 9.72. The zero-order valence-electron chi connectivity index (χ0n) is 15.9. The molecule has 1 rings (SSSR count). The van der Waals surface area contributed by atoms with E-state index in [1.807, 2.05) is 0 Å². The van der Waals surface area contributed by atoms with Crippen LogP contribution in [-0.4, -0.2) is 76.4 Å². The minimum Gasteiger partial charge on any atom is -0.480 e. The molecular formula is C18H26N4O7. The highest BCUT2D eigenvalue weighted by Crippen LogP contribution is 2.03. The van der Waals surface area contributed by atoms with Crippen molar-refractivity contribution in [3.63, 3.8) is 0 Å². The number of carboxylic acids is 1. The van der Waals surface area contributed by atoms with Gasteiger partial charge in [0.1, 0.15) is 18.1 Å². The van der Waals surface area contributed by atoms with Crippen molar-refractivity contribution in [1.82, 2.24) is 16.0 Å². The Bertz CT molecular complexity index is 711. The largest absolute Gasteiger partial charge is 0.480 e. The van der Waals surface area contributed by atoms with Crippen molar-refractivity contribution in [1.29, 1.82) is 0 Å². The van der Waals surface area contributed by atoms with E-state index in [9.17, 15) is 29.4 Å². The van der Waals surface area contributed by atoms with Crippen molar-refractivity contribution in [2.45, 2.75) is 37.6 Å². The fourth-order valence-corrected chi connectivity index (χ4v) is 2.32. The summed E-state index contributed by atoms with van der Waals surface area (Å²) in [5.74, 6) is -3.72. The van der Waals surface area contributed by atoms with Crippen molar-refractivity contribution in [2.24, 2.45) is 5.73 Å². The van der Waals surface area contributed by atoms with E-state index in [-0.39, 0.29) is 6.42 Å². The molecule has 0 fully saturated rings. The second-order valence-corrected chi connectivity index (χ2v) is 6.38. The van der Waals surface area contributed by atoms with Gasteiger partial charge < -0.3 is 37.0 Å². The first-order chi connectivity index (χ1) is 13.6. The third kappa shape index (κ3) is 8.25. The molecule has 0 aliphatic rings. The summed E-state index contributed by atoms with van der Waals surface area (Å²) in [6, 6.07) is 4.81. The lowest BCUT2D eigenvalue weighted by atomic mass is 10.1. The lowest BCUT2D eigenvalue weighted by Crippen LogP contribution is -2.57. The van der Waals surface area contributed by atoms with Gasteiger partial charge in [-0.3, -0.25) is 14.4 Å². The van der Waals surface area contributed by atoms with Crippen molar-refractivity contribution < 1.29 is 34.5 Å². The van der Waals surface area contributed by atoms with E-state index in [4.69, 9.17) is 10.8 Å². The molecule has 0 aromatic heterocycles. The molecule has 11 nitrogen and oxygen atoms in total. The van der Waals surface area contributed by atoms with Gasteiger partial charge in [-0.05, 0) is 12.5 Å². The molecule has 1 aromatic carbocycles. The van der Waals surface area contributed by atoms with Crippen LogP contribution in [0.5, 0.6) is 0 Å². The number of hydrogen-bond acceptors (Lipinski definition) is 7. The highest BCUT2D eigenvalue weighted by Gasteiger charge is 2.28. The first-order valence-electron chi connectivity index (χ1n) is 8.84. The summed E-state index contributed by atoms with van der Waals surface area (Å²) >= 11 is 0. The maximum Gasteiger partial charge on any atom is 0.326 e. The summed E-state index contributed by atoms with van der Waals surface area (Å²) in [6.45, 7) is 0.0261. The maximum atomic E-state index is 12.2. The number of aliphatic carboxylic acids is 1. The molecule has 1 aromatic rings. The molecule has 0 saturated carbocycles. The molecule has 8 N–H and O–H groups in total. The molecule has 3 amide bonds. The molecule has 0 aliphatic heterocycles. The molecule has 0 heterocycles. The number of benzene rings is 1. The predicted molar refractivity (Wildman–Crippen MR) is 101 cm³/mol. The molecule has 29 heavy (non-hydrogen) atoms. The topological polar surface area (TPSA) is 191 Å². The van der Waals surface area contributed by atoms with Crippen LogP contribution in [0.2, 0.25) is 0 Å². The number of carbonyl (C=O) groups is 4. The van der Waals surface area contributed by atoms with Gasteiger partial charge in [0.25, 0.3) is 0 Å². The number of hydrogen-bond donors (Lipinski definition) is 7. The SMILES string of the molecule is CC(O)C(NC(=O)C(N)CO)C(=O)NCC(=O)NC(Cc1ccccc1)C(=O)O. The van der Waals surface area contributed by atoms with Gasteiger partial charge in [0.15, 0.2) is 0 Å². The Morgan fingerprint density at radius 2 is 1.69 bits per heavy atom. The van der Waals surface area contributed by atoms with Crippen LogP contribution in [0.4, 0.5) is 0 Å². The third-order valence-electron chi connectivity index (χ3n) is 3.94. The van der Waals surface area contributed by atoms with E-state index in [1.165, 1.54) is 6.92 Å². The smallest absolute Gasteiger partial charge is 0.326 e. The number of amides is 3. The number of nitrogens with two attached hydrogens (primary N) is 1. The summed E-state index contributed by atoms with van der Waals surface area (Å²) in [5, 5.41) is 34.5. The number of nitrogens with one attached hydrogen (secondary N) is 3. The van der Waals surface area contributed by atoms with Crippen LogP contribution in [0.1, 0.15) is 12.5 Å². The van der Waals surface area contributed by atoms with Crippen LogP contribution in [0.15, 0.2) is 30.3 Å². The number of aliphatic hydroxyl groups excluding tert-OH is 2. The van der Waals surface area contributed by atoms with Crippen LogP contribution in [0.25, 0.3) is 0 Å². The van der Waals surface area contributed by atoms with Crippen LogP contribution < -0.4 is 21.7 Å². The molecule has 160 valence electrons. The molecular weight excluding hydrogens is 384 g/mol. The Hall–Kier alpha value is -3.02. The van der Waals surface area contributed by atoms with E-state index < -0.39 is 61.1 Å². The fraction of sp³-hybridized carbons (Fsp3) is 0.444. The second-order valence-electron chi connectivity index (χ2n) is 6.38. The van der Waals surface area contributed by atoms with Gasteiger partial charge in [-0.1, -0.05) is 30.3 Å². The summed E-state index contributed by atoms with van der Waals surface area (Å²) in [6.07, 6.45) is -1.25. The van der Waals surface area contributed by atoms with Crippen LogP contribution in [0, 0.1) is 0 Å². The molecule has 0 bridgehead atoms. The molecule has 11 heteroatoms. The van der Waals surface area contributed by atoms with Gasteiger partial charge in [-0.25, -0.2) is 4.79 Å². The molecule has 0 saturated heterocycles. The molecule has 0 radical (unpaired) electrons. The zero-order chi connectivity index (χ0) is 22.0. The monoisotopic (exact) mass is 410 g/mol. The first-order valence-corrected chi connectivity index (χ1v) is 8.84. The number of carboxylic acid groups (broad SMARTS) is 1. The van der Waals surface area contributed by atoms with E-state index in [0.717, 1.165) is 0 Å². The minimum atomic E-state index is -1.41. The van der Waals surface area contributed by atoms with Crippen molar-refractivity contribution in [2.75, 3.05) is 13.2 Å². The van der Waals surface area contributed by atoms with Crippen LogP contribution in [0.3, 0.4) is 0 Å². The Balaban J connectivity index is 2.62. The van der Waals surface area contributed by atoms with Crippen molar-refractivity contribution in [3.05, 3.63) is 35.9 Å². The lowest BCUT2D eigenvalue weighted by Gasteiger charge is -2.22. The average Bonchev–Trinajstić information content (AvgIpc) is 2.69. The summed E-state index contributed by atoms with van der Waals surface area (Å²) < 4.78 is 0. The molecule has 4 unspecified atom stereocenters. The number of aliphatic hydroxyl groups is 2. The highest BCUT2D eigenvalue weighted by molar-refractivity contribution is 5.93. The van der Waals surface area contributed by atoms with Crippen LogP contribution in [-0.2, 0) is 25.6 Å². The van der Waals surface area contributed by atoms with Crippen molar-refractivity contribution in [3.8, 4) is 0 Å². The van der Waals surface area contributed by atoms with E-state index in [1.54, 1.807) is 30.3 Å². The first kappa shape index (κ1) is 24.0. The minimum absolute atomic E-state index is 0.0568. The Labute approximate surface area is 167 Å². The predicted octanol–water partition coefficient (Wildman–Crippen LogP) is -2.90. The number of carbonyl (C=O) groups excluding carboxylic acids is 3. The van der Waals surface area contributed by atoms with Gasteiger partial charge in [0, 0.05) is 6.42 Å². The molecule has 4 atom stereocenters. The van der Waals surface area contributed by atoms with E-state index >= 15 is 0 Å². The summed E-state index contributed by atoms with van der Waals surface area (Å²) in [7, 11) is 0. The normalized spacial score (nSPS) is 14.8. The zero-order valence-corrected chi connectivity index (χ0v) is 15.9. The molecule has 0 spiro atoms. The summed E-state index contributed by atoms with van der Waals surface area (Å²) in [5.41, 5.74) is 6.05. The highest BCUT2D eigenvalue weighted by atomic mass is 16.4. The lowest BCUT2D eigenvalue weighted by molar-refractivity contribution is -0.141. The van der Waals surface area contributed by atoms with Gasteiger partial charge in [0.05, 0.1) is 19.3 Å². The average molecular weight is 410 g/mol. The standard InChI is InChI=1S/C18H26N4O7/c1-10(24)15(22-16(26)12(19)9-23)17(27)20-8-14(25)21-13(18(28)29)7-11-5-3-2-4-6-11/h2-6,10,12-13,15,23-24H,7-9,19H2,1H3,(H,20,27)(H,21,25)(H,22,26)(H,28,29). The Morgan fingerprint density at radius 1 is 1.07 bits per heavy atom. The fourth-order valence-electron chi connectivity index (χ4n) is 2.32. The second kappa shape index (κ2) is 11.7. The van der Waals surface area contributed by atoms with E-state index in [0.29, 0.717) is 5.56 Å². The molecule has 0 aliphatic carbocycles. The van der Waals surface area contributed by atoms with Gasteiger partial charge >= 0.3 is 5.97 Å². The maximum absolute atomic E-state index is 12.2. The van der Waals surface area contributed by atoms with Crippen molar-refractivity contribution >= 4 is 23.7 Å². The van der Waals surface area contributed by atoms with Crippen LogP contribution >= 0.6 is 0 Å². The van der Waals surface area contributed by atoms with E-state index in [2.05, 4.69) is 16.0 Å². The number of rotatable bonds is 11. The quantitative estimate of drug-likeness (QED) is 0.202. The van der Waals surface area contributed by atoms with Gasteiger partial charge in [-0.2, -0.15) is 0 Å².